The Morgan fingerprint density at radius 3 is 2.59 bits per heavy atom. The zero-order valence-electron chi connectivity index (χ0n) is 17.6. The number of non-ortho nitro benzene ring substituents is 1. The molecule has 0 aliphatic carbocycles. The fraction of sp³-hybridized carbons (Fsp3) is 0.273. The third-order valence-corrected chi connectivity index (χ3v) is 5.14. The molecule has 0 radical (unpaired) electrons. The molecule has 10 heteroatoms. The van der Waals surface area contributed by atoms with Crippen molar-refractivity contribution in [1.82, 2.24) is 0 Å². The van der Waals surface area contributed by atoms with E-state index in [9.17, 15) is 14.9 Å². The summed E-state index contributed by atoms with van der Waals surface area (Å²) in [4.78, 5) is 26.9. The molecule has 1 atom stereocenters. The number of nitro benzene ring substituents is 1. The van der Waals surface area contributed by atoms with Crippen LogP contribution in [0.4, 0.5) is 5.69 Å². The van der Waals surface area contributed by atoms with Crippen molar-refractivity contribution >= 4 is 46.8 Å². The molecule has 0 bridgehead atoms. The Morgan fingerprint density at radius 2 is 1.97 bits per heavy atom. The Morgan fingerprint density at radius 1 is 1.22 bits per heavy atom. The SMILES string of the molecule is CCOc1cc(/C=C2\N=C(c3ccc([N+](=O)[O-])cc3Cl)OC2=O)cc(Cl)c1OC(C)CC. The Balaban J connectivity index is 1.96. The fourth-order valence-corrected chi connectivity index (χ4v) is 3.33. The lowest BCUT2D eigenvalue weighted by molar-refractivity contribution is -0.384. The van der Waals surface area contributed by atoms with Gasteiger partial charge < -0.3 is 14.2 Å². The van der Waals surface area contributed by atoms with Crippen LogP contribution in [0.15, 0.2) is 41.0 Å². The number of halogens is 2. The molecule has 1 unspecified atom stereocenters. The number of nitro groups is 1. The number of hydrogen-bond acceptors (Lipinski definition) is 7. The first-order valence-electron chi connectivity index (χ1n) is 9.83. The second kappa shape index (κ2) is 10.0. The number of carbonyl (C=O) groups excluding carboxylic acids is 1. The van der Waals surface area contributed by atoms with Crippen LogP contribution >= 0.6 is 23.2 Å². The molecule has 0 saturated heterocycles. The van der Waals surface area contributed by atoms with E-state index in [1.165, 1.54) is 24.3 Å². The molecule has 0 aromatic heterocycles. The summed E-state index contributed by atoms with van der Waals surface area (Å²) in [5.41, 5.74) is 0.654. The second-order valence-electron chi connectivity index (χ2n) is 6.86. The van der Waals surface area contributed by atoms with Crippen molar-refractivity contribution in [2.24, 2.45) is 4.99 Å². The predicted molar refractivity (Wildman–Crippen MR) is 122 cm³/mol. The summed E-state index contributed by atoms with van der Waals surface area (Å²) in [6.45, 7) is 6.16. The number of carbonyl (C=O) groups is 1. The average Bonchev–Trinajstić information content (AvgIpc) is 3.10. The second-order valence-corrected chi connectivity index (χ2v) is 7.67. The summed E-state index contributed by atoms with van der Waals surface area (Å²) < 4.78 is 16.8. The number of esters is 1. The molecular weight excluding hydrogens is 459 g/mol. The Labute approximate surface area is 194 Å². The van der Waals surface area contributed by atoms with Crippen molar-refractivity contribution in [3.8, 4) is 11.5 Å². The monoisotopic (exact) mass is 478 g/mol. The first-order valence-corrected chi connectivity index (χ1v) is 10.6. The molecule has 8 nitrogen and oxygen atoms in total. The van der Waals surface area contributed by atoms with E-state index in [1.807, 2.05) is 20.8 Å². The van der Waals surface area contributed by atoms with Crippen molar-refractivity contribution < 1.29 is 23.9 Å². The van der Waals surface area contributed by atoms with Gasteiger partial charge in [-0.15, -0.1) is 0 Å². The van der Waals surface area contributed by atoms with Crippen molar-refractivity contribution in [2.45, 2.75) is 33.3 Å². The fourth-order valence-electron chi connectivity index (χ4n) is 2.81. The molecule has 1 aliphatic heterocycles. The van der Waals surface area contributed by atoms with Crippen molar-refractivity contribution in [2.75, 3.05) is 6.61 Å². The van der Waals surface area contributed by atoms with Crippen LogP contribution in [0.5, 0.6) is 11.5 Å². The summed E-state index contributed by atoms with van der Waals surface area (Å²) >= 11 is 12.5. The highest BCUT2D eigenvalue weighted by Crippen LogP contribution is 2.38. The third kappa shape index (κ3) is 5.20. The lowest BCUT2D eigenvalue weighted by Crippen LogP contribution is -2.11. The summed E-state index contributed by atoms with van der Waals surface area (Å²) in [6.07, 6.45) is 2.23. The zero-order valence-corrected chi connectivity index (χ0v) is 19.1. The van der Waals surface area contributed by atoms with Crippen LogP contribution in [-0.2, 0) is 9.53 Å². The molecule has 3 rings (SSSR count). The van der Waals surface area contributed by atoms with Crippen molar-refractivity contribution in [1.29, 1.82) is 0 Å². The van der Waals surface area contributed by atoms with Gasteiger partial charge in [0.2, 0.25) is 5.90 Å². The Kier molecular flexibility index (Phi) is 7.37. The van der Waals surface area contributed by atoms with Crippen LogP contribution in [0.25, 0.3) is 6.08 Å². The summed E-state index contributed by atoms with van der Waals surface area (Å²) in [5.74, 6) is 0.138. The molecular formula is C22H20Cl2N2O6. The standard InChI is InChI=1S/C22H20Cl2N2O6/c1-4-12(3)31-20-17(24)8-13(10-19(20)30-5-2)9-18-22(27)32-21(25-18)15-7-6-14(26(28)29)11-16(15)23/h6-12H,4-5H2,1-3H3/b18-9-. The lowest BCUT2D eigenvalue weighted by Gasteiger charge is -2.18. The van der Waals surface area contributed by atoms with E-state index < -0.39 is 10.9 Å². The normalized spacial score (nSPS) is 15.3. The Hall–Kier alpha value is -3.10. The number of rotatable bonds is 8. The highest BCUT2D eigenvalue weighted by atomic mass is 35.5. The van der Waals surface area contributed by atoms with Gasteiger partial charge in [-0.05, 0) is 50.1 Å². The molecule has 0 amide bonds. The number of benzene rings is 2. The van der Waals surface area contributed by atoms with Gasteiger partial charge in [0, 0.05) is 12.1 Å². The van der Waals surface area contributed by atoms with Gasteiger partial charge in [0.15, 0.2) is 17.2 Å². The largest absolute Gasteiger partial charge is 0.490 e. The number of nitrogens with zero attached hydrogens (tertiary/aromatic N) is 2. The van der Waals surface area contributed by atoms with Crippen LogP contribution in [0.1, 0.15) is 38.3 Å². The molecule has 1 aliphatic rings. The first-order chi connectivity index (χ1) is 15.2. The number of hydrogen-bond donors (Lipinski definition) is 0. The van der Waals surface area contributed by atoms with Gasteiger partial charge >= 0.3 is 5.97 Å². The van der Waals surface area contributed by atoms with Gasteiger partial charge in [0.25, 0.3) is 5.69 Å². The molecule has 32 heavy (non-hydrogen) atoms. The smallest absolute Gasteiger partial charge is 0.363 e. The van der Waals surface area contributed by atoms with E-state index in [1.54, 1.807) is 12.1 Å². The zero-order chi connectivity index (χ0) is 23.4. The first kappa shape index (κ1) is 23.6. The van der Waals surface area contributed by atoms with Crippen molar-refractivity contribution in [3.63, 3.8) is 0 Å². The van der Waals surface area contributed by atoms with Gasteiger partial charge in [0.05, 0.1) is 33.2 Å². The van der Waals surface area contributed by atoms with Gasteiger partial charge in [-0.25, -0.2) is 9.79 Å². The number of aliphatic imine (C=N–C) groups is 1. The third-order valence-electron chi connectivity index (χ3n) is 4.54. The van der Waals surface area contributed by atoms with E-state index in [2.05, 4.69) is 4.99 Å². The maximum Gasteiger partial charge on any atom is 0.363 e. The summed E-state index contributed by atoms with van der Waals surface area (Å²) in [6, 6.07) is 7.12. The van der Waals surface area contributed by atoms with Crippen LogP contribution in [0.2, 0.25) is 10.0 Å². The maximum atomic E-state index is 12.4. The molecule has 0 fully saturated rings. The minimum Gasteiger partial charge on any atom is -0.490 e. The summed E-state index contributed by atoms with van der Waals surface area (Å²) in [7, 11) is 0. The highest BCUT2D eigenvalue weighted by Gasteiger charge is 2.27. The van der Waals surface area contributed by atoms with E-state index in [0.717, 1.165) is 6.42 Å². The van der Waals surface area contributed by atoms with Crippen LogP contribution < -0.4 is 9.47 Å². The minimum absolute atomic E-state index is 0.0172. The van der Waals surface area contributed by atoms with E-state index >= 15 is 0 Å². The predicted octanol–water partition coefficient (Wildman–Crippen LogP) is 5.82. The van der Waals surface area contributed by atoms with E-state index in [4.69, 9.17) is 37.4 Å². The topological polar surface area (TPSA) is 100 Å². The lowest BCUT2D eigenvalue weighted by atomic mass is 10.1. The molecule has 0 spiro atoms. The molecule has 168 valence electrons. The molecule has 1 heterocycles. The van der Waals surface area contributed by atoms with Crippen molar-refractivity contribution in [3.05, 3.63) is 67.3 Å². The minimum atomic E-state index is -0.691. The molecule has 0 saturated carbocycles. The molecule has 2 aromatic rings. The average molecular weight is 479 g/mol. The van der Waals surface area contributed by atoms with Crippen LogP contribution in [-0.4, -0.2) is 29.5 Å². The van der Waals surface area contributed by atoms with Crippen LogP contribution in [0.3, 0.4) is 0 Å². The Bertz CT molecular complexity index is 1130. The molecule has 2 aromatic carbocycles. The van der Waals surface area contributed by atoms with Gasteiger partial charge in [-0.3, -0.25) is 10.1 Å². The molecule has 0 N–H and O–H groups in total. The van der Waals surface area contributed by atoms with E-state index in [-0.39, 0.29) is 34.0 Å². The number of cyclic esters (lactones) is 1. The van der Waals surface area contributed by atoms with Gasteiger partial charge in [0.1, 0.15) is 0 Å². The van der Waals surface area contributed by atoms with Gasteiger partial charge in [-0.2, -0.15) is 0 Å². The quantitative estimate of drug-likeness (QED) is 0.205. The van der Waals surface area contributed by atoms with Gasteiger partial charge in [-0.1, -0.05) is 30.1 Å². The maximum absolute atomic E-state index is 12.4. The number of ether oxygens (including phenoxy) is 3. The summed E-state index contributed by atoms with van der Waals surface area (Å²) in [5, 5.41) is 11.3. The van der Waals surface area contributed by atoms with Crippen LogP contribution in [0, 0.1) is 10.1 Å². The van der Waals surface area contributed by atoms with E-state index in [0.29, 0.717) is 28.7 Å². The highest BCUT2D eigenvalue weighted by molar-refractivity contribution is 6.35.